The van der Waals surface area contributed by atoms with E-state index in [1.807, 2.05) is 0 Å². The summed E-state index contributed by atoms with van der Waals surface area (Å²) >= 11 is 4.50. The largest absolute Gasteiger partial charge is 0.269 e. The first-order valence-corrected chi connectivity index (χ1v) is 8.20. The van der Waals surface area contributed by atoms with E-state index < -0.39 is 0 Å². The van der Waals surface area contributed by atoms with Gasteiger partial charge >= 0.3 is 0 Å². The zero-order valence-electron chi connectivity index (χ0n) is 11.4. The predicted molar refractivity (Wildman–Crippen MR) is 97.9 cm³/mol. The van der Waals surface area contributed by atoms with Gasteiger partial charge in [-0.05, 0) is 37.8 Å². The van der Waals surface area contributed by atoms with Gasteiger partial charge in [0.15, 0.2) is 0 Å². The molecular weight excluding hydrogens is 450 g/mol. The quantitative estimate of drug-likeness (QED) is 0.241. The van der Waals surface area contributed by atoms with Crippen LogP contribution in [0.2, 0.25) is 0 Å². The Labute approximate surface area is 138 Å². The van der Waals surface area contributed by atoms with Gasteiger partial charge in [0, 0.05) is 5.92 Å². The lowest BCUT2D eigenvalue weighted by molar-refractivity contribution is 0.641. The average molecular weight is 470 g/mol. The van der Waals surface area contributed by atoms with E-state index in [4.69, 9.17) is 0 Å². The van der Waals surface area contributed by atoms with Crippen molar-refractivity contribution in [1.82, 2.24) is 0 Å². The molecule has 0 saturated heterocycles. The van der Waals surface area contributed by atoms with Crippen molar-refractivity contribution >= 4 is 57.3 Å². The molecule has 100 valence electrons. The maximum atomic E-state index is 4.49. The molecule has 0 atom stereocenters. The number of benzene rings is 1. The summed E-state index contributed by atoms with van der Waals surface area (Å²) < 4.78 is 6.72. The van der Waals surface area contributed by atoms with Gasteiger partial charge in [-0.25, -0.2) is 3.21 Å². The molecule has 0 spiro atoms. The predicted octanol–water partition coefficient (Wildman–Crippen LogP) is 5.64. The molecule has 0 fully saturated rings. The van der Waals surface area contributed by atoms with Gasteiger partial charge in [0.05, 0.1) is 51.4 Å². The topological polar surface area (TPSA) is 15.6 Å². The van der Waals surface area contributed by atoms with Gasteiger partial charge in [-0.15, -0.1) is 0 Å². The van der Waals surface area contributed by atoms with E-state index in [0.717, 1.165) is 12.8 Å². The van der Waals surface area contributed by atoms with Crippen LogP contribution in [-0.4, -0.2) is 5.84 Å². The van der Waals surface area contributed by atoms with Crippen LogP contribution < -0.4 is 3.11 Å². The molecule has 0 aliphatic carbocycles. The molecule has 0 aliphatic heterocycles. The molecule has 0 amide bonds. The number of halogens is 2. The Balaban J connectivity index is 3.16. The van der Waals surface area contributed by atoms with E-state index in [-0.39, 0.29) is 0 Å². The highest BCUT2D eigenvalue weighted by atomic mass is 127. The Morgan fingerprint density at radius 3 is 2.11 bits per heavy atom. The van der Waals surface area contributed by atoms with E-state index in [9.17, 15) is 0 Å². The standard InChI is InChI=1S/C14H20I2N2/c1-5-12(6-2)14(17-15)18(16)13-10(3)8-7-9-11(13)4/h7-9,12H,5-6H2,1-4H3. The third-order valence-electron chi connectivity index (χ3n) is 3.27. The molecule has 0 aliphatic rings. The number of hydrogen-bond acceptors (Lipinski definition) is 1. The molecule has 0 heterocycles. The summed E-state index contributed by atoms with van der Waals surface area (Å²) in [7, 11) is 0. The monoisotopic (exact) mass is 470 g/mol. The molecule has 0 unspecified atom stereocenters. The lowest BCUT2D eigenvalue weighted by atomic mass is 10.0. The SMILES string of the molecule is CCC(CC)C(=NI)N(I)c1c(C)cccc1C. The van der Waals surface area contributed by atoms with Crippen LogP contribution in [0, 0.1) is 19.8 Å². The highest BCUT2D eigenvalue weighted by molar-refractivity contribution is 14.1. The van der Waals surface area contributed by atoms with Crippen molar-refractivity contribution in [1.29, 1.82) is 0 Å². The first kappa shape index (κ1) is 16.2. The van der Waals surface area contributed by atoms with Gasteiger partial charge in [0.2, 0.25) is 0 Å². The third kappa shape index (κ3) is 3.59. The van der Waals surface area contributed by atoms with E-state index in [1.54, 1.807) is 0 Å². The molecule has 0 saturated carbocycles. The van der Waals surface area contributed by atoms with Gasteiger partial charge in [-0.2, -0.15) is 0 Å². The van der Waals surface area contributed by atoms with E-state index in [1.165, 1.54) is 22.6 Å². The first-order chi connectivity index (χ1) is 8.56. The van der Waals surface area contributed by atoms with Gasteiger partial charge in [-0.3, -0.25) is 3.11 Å². The van der Waals surface area contributed by atoms with Crippen LogP contribution in [0.5, 0.6) is 0 Å². The Morgan fingerprint density at radius 1 is 1.22 bits per heavy atom. The summed E-state index contributed by atoms with van der Waals surface area (Å²) in [5.74, 6) is 1.69. The van der Waals surface area contributed by atoms with Crippen LogP contribution in [0.25, 0.3) is 0 Å². The number of amidine groups is 1. The van der Waals surface area contributed by atoms with Crippen molar-refractivity contribution in [3.8, 4) is 0 Å². The van der Waals surface area contributed by atoms with Crippen LogP contribution in [0.15, 0.2) is 21.4 Å². The van der Waals surface area contributed by atoms with Crippen molar-refractivity contribution in [3.05, 3.63) is 29.3 Å². The molecule has 0 N–H and O–H groups in total. The molecule has 1 aromatic rings. The molecule has 0 bridgehead atoms. The second kappa shape index (κ2) is 7.67. The average Bonchev–Trinajstić information content (AvgIpc) is 2.35. The zero-order chi connectivity index (χ0) is 13.7. The van der Waals surface area contributed by atoms with Crippen LogP contribution >= 0.6 is 45.7 Å². The van der Waals surface area contributed by atoms with Crippen molar-refractivity contribution < 1.29 is 0 Å². The van der Waals surface area contributed by atoms with Gasteiger partial charge in [0.25, 0.3) is 0 Å². The Morgan fingerprint density at radius 2 is 1.72 bits per heavy atom. The van der Waals surface area contributed by atoms with Crippen LogP contribution in [0.3, 0.4) is 0 Å². The second-order valence-corrected chi connectivity index (χ2v) is 5.92. The zero-order valence-corrected chi connectivity index (χ0v) is 15.7. The van der Waals surface area contributed by atoms with Crippen LogP contribution in [0.4, 0.5) is 5.69 Å². The number of para-hydroxylation sites is 1. The molecule has 4 heteroatoms. The Bertz CT molecular complexity index is 406. The lowest BCUT2D eigenvalue weighted by Gasteiger charge is -2.26. The number of nitrogens with zero attached hydrogens (tertiary/aromatic N) is 2. The number of rotatable bonds is 4. The summed E-state index contributed by atoms with van der Waals surface area (Å²) in [4.78, 5) is 0. The number of aryl methyl sites for hydroxylation is 2. The minimum absolute atomic E-state index is 0.526. The molecule has 18 heavy (non-hydrogen) atoms. The van der Waals surface area contributed by atoms with Crippen molar-refractivity contribution in [2.45, 2.75) is 40.5 Å². The molecular formula is C14H20I2N2. The van der Waals surface area contributed by atoms with Gasteiger partial charge in [0.1, 0.15) is 5.84 Å². The Kier molecular flexibility index (Phi) is 6.90. The van der Waals surface area contributed by atoms with E-state index in [2.05, 4.69) is 97.9 Å². The summed E-state index contributed by atoms with van der Waals surface area (Å²) in [5.41, 5.74) is 3.88. The summed E-state index contributed by atoms with van der Waals surface area (Å²) in [6.07, 6.45) is 2.26. The normalized spacial score (nSPS) is 12.1. The van der Waals surface area contributed by atoms with E-state index >= 15 is 0 Å². The number of hydrogen-bond donors (Lipinski definition) is 0. The van der Waals surface area contributed by atoms with Crippen molar-refractivity contribution in [2.24, 2.45) is 9.12 Å². The van der Waals surface area contributed by atoms with Crippen LogP contribution in [0.1, 0.15) is 37.8 Å². The fourth-order valence-electron chi connectivity index (χ4n) is 2.15. The fraction of sp³-hybridized carbons (Fsp3) is 0.500. The van der Waals surface area contributed by atoms with E-state index in [0.29, 0.717) is 5.92 Å². The second-order valence-electron chi connectivity index (χ2n) is 4.48. The molecule has 2 nitrogen and oxygen atoms in total. The maximum Gasteiger partial charge on any atom is 0.127 e. The lowest BCUT2D eigenvalue weighted by Crippen LogP contribution is -2.28. The molecule has 1 aromatic carbocycles. The highest BCUT2D eigenvalue weighted by Gasteiger charge is 2.21. The minimum Gasteiger partial charge on any atom is -0.269 e. The minimum atomic E-state index is 0.526. The summed E-state index contributed by atoms with van der Waals surface area (Å²) in [6.45, 7) is 8.77. The molecule has 1 rings (SSSR count). The number of anilines is 1. The van der Waals surface area contributed by atoms with Gasteiger partial charge in [-0.1, -0.05) is 32.0 Å². The third-order valence-corrected chi connectivity index (χ3v) is 4.75. The Hall–Kier alpha value is 0.150. The summed E-state index contributed by atoms with van der Waals surface area (Å²) in [6, 6.07) is 6.42. The van der Waals surface area contributed by atoms with Crippen molar-refractivity contribution in [3.63, 3.8) is 0 Å². The van der Waals surface area contributed by atoms with Crippen LogP contribution in [-0.2, 0) is 0 Å². The molecule has 0 aromatic heterocycles. The maximum absolute atomic E-state index is 4.49. The summed E-state index contributed by atoms with van der Waals surface area (Å²) in [5, 5.41) is 0. The van der Waals surface area contributed by atoms with Gasteiger partial charge < -0.3 is 0 Å². The molecule has 0 radical (unpaired) electrons. The smallest absolute Gasteiger partial charge is 0.127 e. The first-order valence-electron chi connectivity index (χ1n) is 6.27. The highest BCUT2D eigenvalue weighted by Crippen LogP contribution is 2.31. The van der Waals surface area contributed by atoms with Crippen molar-refractivity contribution in [2.75, 3.05) is 3.11 Å². The fourth-order valence-corrected chi connectivity index (χ4v) is 4.43.